The molecule has 1 unspecified atom stereocenters. The van der Waals surface area contributed by atoms with Crippen LogP contribution in [-0.4, -0.2) is 49.4 Å². The molecule has 0 radical (unpaired) electrons. The number of rotatable bonds is 10. The third kappa shape index (κ3) is 4.75. The van der Waals surface area contributed by atoms with Crippen molar-refractivity contribution in [3.05, 3.63) is 75.5 Å². The topological polar surface area (TPSA) is 97.5 Å². The summed E-state index contributed by atoms with van der Waals surface area (Å²) in [5, 5.41) is 11.6. The van der Waals surface area contributed by atoms with Crippen molar-refractivity contribution in [1.29, 1.82) is 0 Å². The number of carbonyl (C=O) groups is 2. The van der Waals surface area contributed by atoms with Crippen molar-refractivity contribution in [3.63, 3.8) is 0 Å². The third-order valence-corrected chi connectivity index (χ3v) is 6.75. The zero-order valence-electron chi connectivity index (χ0n) is 19.5. The smallest absolute Gasteiger partial charge is 0.290 e. The van der Waals surface area contributed by atoms with Crippen LogP contribution in [0.5, 0.6) is 5.75 Å². The maximum absolute atomic E-state index is 13.6. The summed E-state index contributed by atoms with van der Waals surface area (Å²) in [6.07, 6.45) is 6.78. The molecule has 0 aliphatic carbocycles. The van der Waals surface area contributed by atoms with Gasteiger partial charge in [-0.3, -0.25) is 9.59 Å². The Labute approximate surface area is 202 Å². The van der Waals surface area contributed by atoms with Gasteiger partial charge in [-0.15, -0.1) is 11.3 Å². The molecular weight excluding hydrogens is 452 g/mol. The highest BCUT2D eigenvalue weighted by molar-refractivity contribution is 7.14. The molecule has 0 saturated carbocycles. The number of amides is 1. The Kier molecular flexibility index (Phi) is 7.12. The van der Waals surface area contributed by atoms with Crippen molar-refractivity contribution in [1.82, 2.24) is 19.4 Å². The molecule has 4 rings (SSSR count). The molecule has 1 aromatic carbocycles. The molecule has 2 aromatic heterocycles. The molecule has 1 N–H and O–H groups in total. The molecule has 0 spiro atoms. The van der Waals surface area contributed by atoms with Crippen LogP contribution in [0.2, 0.25) is 0 Å². The number of aromatic nitrogens is 3. The fraction of sp³-hybridized carbons (Fsp3) is 0.360. The molecule has 1 aliphatic heterocycles. The summed E-state index contributed by atoms with van der Waals surface area (Å²) in [7, 11) is 0. The van der Waals surface area contributed by atoms with Crippen LogP contribution in [0.25, 0.3) is 0 Å². The Morgan fingerprint density at radius 2 is 2.09 bits per heavy atom. The second-order valence-corrected chi connectivity index (χ2v) is 9.42. The van der Waals surface area contributed by atoms with E-state index in [1.165, 1.54) is 11.3 Å². The monoisotopic (exact) mass is 480 g/mol. The highest BCUT2D eigenvalue weighted by Gasteiger charge is 2.44. The van der Waals surface area contributed by atoms with Crippen LogP contribution >= 0.6 is 11.3 Å². The fourth-order valence-electron chi connectivity index (χ4n) is 4.16. The van der Waals surface area contributed by atoms with Gasteiger partial charge in [0.1, 0.15) is 5.75 Å². The molecule has 1 atom stereocenters. The molecule has 0 fully saturated rings. The molecular formula is C25H28N4O4S. The summed E-state index contributed by atoms with van der Waals surface area (Å²) in [5.41, 5.74) is 1.40. The van der Waals surface area contributed by atoms with E-state index in [-0.39, 0.29) is 11.4 Å². The summed E-state index contributed by atoms with van der Waals surface area (Å²) in [4.78, 5) is 37.2. The van der Waals surface area contributed by atoms with Crippen LogP contribution in [0.4, 0.5) is 0 Å². The fourth-order valence-corrected chi connectivity index (χ4v) is 5.04. The van der Waals surface area contributed by atoms with Crippen molar-refractivity contribution in [3.8, 4) is 5.75 Å². The van der Waals surface area contributed by atoms with E-state index in [1.54, 1.807) is 24.3 Å². The van der Waals surface area contributed by atoms with Crippen molar-refractivity contribution in [2.24, 2.45) is 0 Å². The molecule has 0 saturated heterocycles. The van der Waals surface area contributed by atoms with Crippen LogP contribution in [0.3, 0.4) is 0 Å². The quantitative estimate of drug-likeness (QED) is 0.432. The number of ether oxygens (including phenoxy) is 1. The van der Waals surface area contributed by atoms with E-state index in [4.69, 9.17) is 4.74 Å². The summed E-state index contributed by atoms with van der Waals surface area (Å²) in [6, 6.07) is 6.67. The van der Waals surface area contributed by atoms with Crippen molar-refractivity contribution in [2.75, 3.05) is 13.2 Å². The van der Waals surface area contributed by atoms with Crippen LogP contribution in [0.15, 0.2) is 54.3 Å². The number of hydrogen-bond donors (Lipinski definition) is 1. The number of aliphatic hydroxyl groups excluding tert-OH is 1. The van der Waals surface area contributed by atoms with Gasteiger partial charge in [0.05, 0.1) is 40.1 Å². The molecule has 1 aliphatic rings. The predicted molar refractivity (Wildman–Crippen MR) is 129 cm³/mol. The Morgan fingerprint density at radius 1 is 1.26 bits per heavy atom. The largest absolute Gasteiger partial charge is 0.503 e. The van der Waals surface area contributed by atoms with Gasteiger partial charge in [-0.1, -0.05) is 19.1 Å². The molecule has 9 heteroatoms. The van der Waals surface area contributed by atoms with Gasteiger partial charge in [0.15, 0.2) is 5.76 Å². The van der Waals surface area contributed by atoms with Gasteiger partial charge in [-0.2, -0.15) is 0 Å². The molecule has 34 heavy (non-hydrogen) atoms. The lowest BCUT2D eigenvalue weighted by Gasteiger charge is -2.27. The summed E-state index contributed by atoms with van der Waals surface area (Å²) >= 11 is 1.27. The first kappa shape index (κ1) is 23.7. The first-order valence-corrected chi connectivity index (χ1v) is 12.1. The van der Waals surface area contributed by atoms with Crippen molar-refractivity contribution >= 4 is 23.0 Å². The van der Waals surface area contributed by atoms with E-state index in [1.807, 2.05) is 48.9 Å². The van der Waals surface area contributed by atoms with E-state index in [0.717, 1.165) is 17.0 Å². The lowest BCUT2D eigenvalue weighted by atomic mass is 9.95. The molecule has 8 nitrogen and oxygen atoms in total. The Hall–Kier alpha value is -3.46. The Balaban J connectivity index is 1.70. The number of benzene rings is 1. The van der Waals surface area contributed by atoms with Crippen LogP contribution in [-0.2, 0) is 11.3 Å². The highest BCUT2D eigenvalue weighted by Crippen LogP contribution is 2.41. The zero-order valence-corrected chi connectivity index (χ0v) is 20.3. The number of carbonyl (C=O) groups excluding carboxylic acids is 2. The Morgan fingerprint density at radius 3 is 2.76 bits per heavy atom. The maximum Gasteiger partial charge on any atom is 0.290 e. The second-order valence-electron chi connectivity index (χ2n) is 8.21. The molecule has 1 amide bonds. The lowest BCUT2D eigenvalue weighted by molar-refractivity contribution is -0.129. The summed E-state index contributed by atoms with van der Waals surface area (Å²) in [6.45, 7) is 7.21. The molecule has 3 aromatic rings. The number of ketones is 1. The summed E-state index contributed by atoms with van der Waals surface area (Å²) < 4.78 is 7.72. The minimum atomic E-state index is -0.713. The predicted octanol–water partition coefficient (Wildman–Crippen LogP) is 4.41. The average molecular weight is 481 g/mol. The van der Waals surface area contributed by atoms with Gasteiger partial charge < -0.3 is 19.3 Å². The number of aliphatic hydroxyl groups is 1. The van der Waals surface area contributed by atoms with Crippen LogP contribution in [0, 0.1) is 13.8 Å². The van der Waals surface area contributed by atoms with Gasteiger partial charge >= 0.3 is 0 Å². The van der Waals surface area contributed by atoms with Gasteiger partial charge in [-0.05, 0) is 44.4 Å². The lowest BCUT2D eigenvalue weighted by Crippen LogP contribution is -2.32. The number of imidazole rings is 1. The number of nitrogens with zero attached hydrogens (tertiary/aromatic N) is 4. The average Bonchev–Trinajstić information content (AvgIpc) is 3.52. The first-order valence-electron chi connectivity index (χ1n) is 11.3. The minimum absolute atomic E-state index is 0.0898. The normalized spacial score (nSPS) is 15.9. The molecule has 3 heterocycles. The van der Waals surface area contributed by atoms with Crippen molar-refractivity contribution < 1.29 is 19.4 Å². The van der Waals surface area contributed by atoms with Crippen LogP contribution < -0.4 is 4.74 Å². The SMILES string of the molecule is CCCOc1cccc(C2C(C(=O)c3sc(C)nc3C)=C(O)C(=O)N2CCCn2ccnc2)c1. The van der Waals surface area contributed by atoms with Gasteiger partial charge in [0.25, 0.3) is 5.91 Å². The maximum atomic E-state index is 13.6. The van der Waals surface area contributed by atoms with E-state index in [0.29, 0.717) is 42.4 Å². The zero-order chi connectivity index (χ0) is 24.2. The van der Waals surface area contributed by atoms with Crippen molar-refractivity contribution in [2.45, 2.75) is 46.2 Å². The van der Waals surface area contributed by atoms with Crippen LogP contribution in [0.1, 0.15) is 51.7 Å². The highest BCUT2D eigenvalue weighted by atomic mass is 32.1. The van der Waals surface area contributed by atoms with Gasteiger partial charge in [-0.25, -0.2) is 9.97 Å². The van der Waals surface area contributed by atoms with E-state index in [9.17, 15) is 14.7 Å². The molecule has 178 valence electrons. The van der Waals surface area contributed by atoms with E-state index in [2.05, 4.69) is 9.97 Å². The van der Waals surface area contributed by atoms with E-state index >= 15 is 0 Å². The second kappa shape index (κ2) is 10.2. The minimum Gasteiger partial charge on any atom is -0.503 e. The van der Waals surface area contributed by atoms with Gasteiger partial charge in [0, 0.05) is 25.5 Å². The molecule has 0 bridgehead atoms. The van der Waals surface area contributed by atoms with E-state index < -0.39 is 17.7 Å². The van der Waals surface area contributed by atoms with Gasteiger partial charge in [0.2, 0.25) is 5.78 Å². The number of Topliss-reactive ketones (excluding diaryl/α,β-unsaturated/α-hetero) is 1. The number of thiazole rings is 1. The first-order chi connectivity index (χ1) is 16.4. The third-order valence-electron chi connectivity index (χ3n) is 5.68. The standard InChI is InChI=1S/C25H28N4O4S/c1-4-13-33-19-8-5-7-18(14-19)21-20(22(30)24-16(2)27-17(3)34-24)23(31)25(32)29(21)11-6-10-28-12-9-26-15-28/h5,7-9,12,14-15,21,31H,4,6,10-11,13H2,1-3H3. The number of aryl methyl sites for hydroxylation is 3. The number of hydrogen-bond acceptors (Lipinski definition) is 7. The Bertz CT molecular complexity index is 1220. The summed E-state index contributed by atoms with van der Waals surface area (Å²) in [5.74, 6) is -0.746.